The van der Waals surface area contributed by atoms with Crippen molar-refractivity contribution < 1.29 is 14.3 Å². The standard InChI is InChI=1S/C23H18N4O3/c1-30-23(29)17-8-6-15(7-9-17)14-24-27-22(28)21-13-20(25-26-21)19-11-10-16-4-2-3-5-18(16)12-19/h2-14H,1H3,(H,25,26)(H,27,28)/b24-14-. The molecule has 0 fully saturated rings. The van der Waals surface area contributed by atoms with E-state index in [9.17, 15) is 9.59 Å². The van der Waals surface area contributed by atoms with Gasteiger partial charge < -0.3 is 4.74 Å². The first kappa shape index (κ1) is 19.1. The second-order valence-electron chi connectivity index (χ2n) is 6.54. The third-order valence-electron chi connectivity index (χ3n) is 4.58. The lowest BCUT2D eigenvalue weighted by Gasteiger charge is -2.00. The van der Waals surface area contributed by atoms with Gasteiger partial charge in [0.05, 0.1) is 24.6 Å². The summed E-state index contributed by atoms with van der Waals surface area (Å²) in [6.07, 6.45) is 1.49. The first-order valence-electron chi connectivity index (χ1n) is 9.20. The third-order valence-corrected chi connectivity index (χ3v) is 4.58. The number of methoxy groups -OCH3 is 1. The molecule has 7 heteroatoms. The van der Waals surface area contributed by atoms with Gasteiger partial charge in [-0.25, -0.2) is 10.2 Å². The second kappa shape index (κ2) is 8.40. The fraction of sp³-hybridized carbons (Fsp3) is 0.0435. The molecule has 3 aromatic carbocycles. The molecule has 0 aliphatic heterocycles. The number of amides is 1. The zero-order valence-corrected chi connectivity index (χ0v) is 16.1. The van der Waals surface area contributed by atoms with Gasteiger partial charge in [-0.05, 0) is 40.6 Å². The number of carbonyl (C=O) groups excluding carboxylic acids is 2. The molecule has 0 radical (unpaired) electrons. The molecule has 1 amide bonds. The lowest BCUT2D eigenvalue weighted by Crippen LogP contribution is -2.18. The Morgan fingerprint density at radius 2 is 1.77 bits per heavy atom. The minimum Gasteiger partial charge on any atom is -0.465 e. The molecule has 0 saturated carbocycles. The van der Waals surface area contributed by atoms with Crippen molar-refractivity contribution in [3.63, 3.8) is 0 Å². The van der Waals surface area contributed by atoms with Crippen LogP contribution in [-0.4, -0.2) is 35.4 Å². The van der Waals surface area contributed by atoms with E-state index in [0.29, 0.717) is 17.0 Å². The molecule has 0 atom stereocenters. The molecule has 148 valence electrons. The first-order valence-corrected chi connectivity index (χ1v) is 9.20. The minimum atomic E-state index is -0.409. The van der Waals surface area contributed by atoms with Crippen LogP contribution in [0.4, 0.5) is 0 Å². The van der Waals surface area contributed by atoms with Crippen LogP contribution in [0.2, 0.25) is 0 Å². The number of aromatic nitrogens is 2. The Hall–Kier alpha value is -4.26. The average Bonchev–Trinajstić information content (AvgIpc) is 3.29. The third kappa shape index (κ3) is 4.10. The molecule has 1 aromatic heterocycles. The Balaban J connectivity index is 1.42. The van der Waals surface area contributed by atoms with E-state index in [4.69, 9.17) is 0 Å². The monoisotopic (exact) mass is 398 g/mol. The summed E-state index contributed by atoms with van der Waals surface area (Å²) in [4.78, 5) is 23.7. The highest BCUT2D eigenvalue weighted by atomic mass is 16.5. The molecule has 7 nitrogen and oxygen atoms in total. The molecule has 4 aromatic rings. The maximum atomic E-state index is 12.3. The molecule has 2 N–H and O–H groups in total. The maximum Gasteiger partial charge on any atom is 0.337 e. The molecule has 4 rings (SSSR count). The summed E-state index contributed by atoms with van der Waals surface area (Å²) in [6, 6.07) is 22.4. The number of ether oxygens (including phenoxy) is 1. The number of aromatic amines is 1. The van der Waals surface area contributed by atoms with E-state index in [2.05, 4.69) is 25.5 Å². The number of carbonyl (C=O) groups is 2. The Kier molecular flexibility index (Phi) is 5.34. The molecule has 1 heterocycles. The van der Waals surface area contributed by atoms with Gasteiger partial charge >= 0.3 is 5.97 Å². The number of H-pyrrole nitrogens is 1. The predicted molar refractivity (Wildman–Crippen MR) is 114 cm³/mol. The van der Waals surface area contributed by atoms with Gasteiger partial charge in [-0.1, -0.05) is 48.5 Å². The van der Waals surface area contributed by atoms with E-state index in [1.807, 2.05) is 42.5 Å². The average molecular weight is 398 g/mol. The number of hydrazone groups is 1. The van der Waals surface area contributed by atoms with E-state index in [1.54, 1.807) is 30.3 Å². The van der Waals surface area contributed by atoms with E-state index >= 15 is 0 Å². The van der Waals surface area contributed by atoms with Gasteiger partial charge in [-0.15, -0.1) is 0 Å². The zero-order valence-electron chi connectivity index (χ0n) is 16.1. The molecule has 0 aliphatic rings. The summed E-state index contributed by atoms with van der Waals surface area (Å²) in [5.41, 5.74) is 5.52. The Morgan fingerprint density at radius 1 is 1.00 bits per heavy atom. The number of fused-ring (bicyclic) bond motifs is 1. The van der Waals surface area contributed by atoms with Crippen LogP contribution in [0, 0.1) is 0 Å². The smallest absolute Gasteiger partial charge is 0.337 e. The lowest BCUT2D eigenvalue weighted by molar-refractivity contribution is 0.0600. The molecule has 0 spiro atoms. The van der Waals surface area contributed by atoms with Crippen molar-refractivity contribution in [2.24, 2.45) is 5.10 Å². The molecular formula is C23H18N4O3. The van der Waals surface area contributed by atoms with Crippen molar-refractivity contribution in [1.82, 2.24) is 15.6 Å². The van der Waals surface area contributed by atoms with Gasteiger partial charge in [-0.3, -0.25) is 9.89 Å². The SMILES string of the molecule is COC(=O)c1ccc(/C=N\NC(=O)c2cc(-c3ccc4ccccc4c3)n[nH]2)cc1. The summed E-state index contributed by atoms with van der Waals surface area (Å²) in [5, 5.41) is 13.2. The van der Waals surface area contributed by atoms with E-state index in [-0.39, 0.29) is 0 Å². The van der Waals surface area contributed by atoms with Crippen molar-refractivity contribution >= 4 is 28.9 Å². The topological polar surface area (TPSA) is 96.4 Å². The van der Waals surface area contributed by atoms with Crippen LogP contribution in [0.1, 0.15) is 26.4 Å². The van der Waals surface area contributed by atoms with E-state index in [1.165, 1.54) is 13.3 Å². The van der Waals surface area contributed by atoms with Crippen molar-refractivity contribution in [2.75, 3.05) is 7.11 Å². The van der Waals surface area contributed by atoms with Gasteiger partial charge in [0.15, 0.2) is 0 Å². The zero-order chi connectivity index (χ0) is 20.9. The normalized spacial score (nSPS) is 11.0. The molecular weight excluding hydrogens is 380 g/mol. The summed E-state index contributed by atoms with van der Waals surface area (Å²) in [7, 11) is 1.33. The molecule has 30 heavy (non-hydrogen) atoms. The van der Waals surface area contributed by atoms with Gasteiger partial charge in [0.2, 0.25) is 0 Å². The number of esters is 1. The highest BCUT2D eigenvalue weighted by Crippen LogP contribution is 2.23. The Labute approximate surface area is 172 Å². The second-order valence-corrected chi connectivity index (χ2v) is 6.54. The number of nitrogens with zero attached hydrogens (tertiary/aromatic N) is 2. The van der Waals surface area contributed by atoms with E-state index < -0.39 is 11.9 Å². The van der Waals surface area contributed by atoms with Gasteiger partial charge in [0, 0.05) is 5.56 Å². The van der Waals surface area contributed by atoms with Gasteiger partial charge in [0.25, 0.3) is 5.91 Å². The van der Waals surface area contributed by atoms with Crippen LogP contribution in [0.5, 0.6) is 0 Å². The Morgan fingerprint density at radius 3 is 2.53 bits per heavy atom. The Bertz CT molecular complexity index is 1240. The minimum absolute atomic E-state index is 0.302. The highest BCUT2D eigenvalue weighted by molar-refractivity contribution is 5.95. The molecule has 0 bridgehead atoms. The molecule has 0 unspecified atom stereocenters. The van der Waals surface area contributed by atoms with Gasteiger partial charge in [-0.2, -0.15) is 10.2 Å². The van der Waals surface area contributed by atoms with Gasteiger partial charge in [0.1, 0.15) is 5.69 Å². The maximum absolute atomic E-state index is 12.3. The van der Waals surface area contributed by atoms with Crippen molar-refractivity contribution in [3.05, 3.63) is 89.6 Å². The predicted octanol–water partition coefficient (Wildman–Crippen LogP) is 3.78. The first-order chi connectivity index (χ1) is 14.6. The van der Waals surface area contributed by atoms with Crippen LogP contribution in [0.15, 0.2) is 77.9 Å². The number of hydrogen-bond acceptors (Lipinski definition) is 5. The number of benzene rings is 3. The fourth-order valence-corrected chi connectivity index (χ4v) is 2.98. The van der Waals surface area contributed by atoms with Crippen LogP contribution in [-0.2, 0) is 4.74 Å². The van der Waals surface area contributed by atoms with Crippen LogP contribution in [0.3, 0.4) is 0 Å². The van der Waals surface area contributed by atoms with Crippen molar-refractivity contribution in [3.8, 4) is 11.3 Å². The highest BCUT2D eigenvalue weighted by Gasteiger charge is 2.11. The molecule has 0 saturated heterocycles. The fourth-order valence-electron chi connectivity index (χ4n) is 2.98. The number of hydrogen-bond donors (Lipinski definition) is 2. The van der Waals surface area contributed by atoms with Crippen LogP contribution < -0.4 is 5.43 Å². The summed E-state index contributed by atoms with van der Waals surface area (Å²) >= 11 is 0. The summed E-state index contributed by atoms with van der Waals surface area (Å²) < 4.78 is 4.65. The van der Waals surface area contributed by atoms with Crippen molar-refractivity contribution in [2.45, 2.75) is 0 Å². The lowest BCUT2D eigenvalue weighted by atomic mass is 10.1. The summed E-state index contributed by atoms with van der Waals surface area (Å²) in [5.74, 6) is -0.815. The number of rotatable bonds is 5. The summed E-state index contributed by atoms with van der Waals surface area (Å²) in [6.45, 7) is 0. The quantitative estimate of drug-likeness (QED) is 0.304. The van der Waals surface area contributed by atoms with Crippen LogP contribution >= 0.6 is 0 Å². The van der Waals surface area contributed by atoms with E-state index in [0.717, 1.165) is 21.9 Å². The molecule has 0 aliphatic carbocycles. The number of nitrogens with one attached hydrogen (secondary N) is 2. The van der Waals surface area contributed by atoms with Crippen LogP contribution in [0.25, 0.3) is 22.0 Å². The largest absolute Gasteiger partial charge is 0.465 e. The van der Waals surface area contributed by atoms with Crippen molar-refractivity contribution in [1.29, 1.82) is 0 Å².